The van der Waals surface area contributed by atoms with Gasteiger partial charge in [-0.2, -0.15) is 0 Å². The van der Waals surface area contributed by atoms with Crippen LogP contribution < -0.4 is 0 Å². The molecule has 0 aromatic heterocycles. The highest BCUT2D eigenvalue weighted by atomic mass is 79.9. The molecule has 0 radical (unpaired) electrons. The number of nitrogens with zero attached hydrogens (tertiary/aromatic N) is 1. The van der Waals surface area contributed by atoms with Crippen molar-refractivity contribution in [1.29, 1.82) is 0 Å². The third-order valence-electron chi connectivity index (χ3n) is 7.47. The summed E-state index contributed by atoms with van der Waals surface area (Å²) >= 11 is 0. The summed E-state index contributed by atoms with van der Waals surface area (Å²) in [5, 5.41) is 10.2. The number of piperidine rings is 1. The molecule has 2 nitrogen and oxygen atoms in total. The maximum atomic E-state index is 10.2. The van der Waals surface area contributed by atoms with Gasteiger partial charge < -0.3 is 5.11 Å². The summed E-state index contributed by atoms with van der Waals surface area (Å²) < 4.78 is 0. The largest absolute Gasteiger partial charge is 0.508 e. The number of rotatable bonds is 5. The van der Waals surface area contributed by atoms with Crippen molar-refractivity contribution < 1.29 is 5.11 Å². The standard InChI is InChI=1S/C28H31NO.BrH/c30-27-13-7-12-25(19-27)28-15-17-29(16-14-22-8-3-1-4-9-22)26(21-28)18-24(20-28)23-10-5-2-6-11-23;/h1-13,19,24,26,30H,14-18,20-21H2;1H/t24-,26+,28-;/m0./s1. The second-order valence-corrected chi connectivity index (χ2v) is 9.26. The Hall–Kier alpha value is -2.10. The summed E-state index contributed by atoms with van der Waals surface area (Å²) in [5.41, 5.74) is 4.40. The van der Waals surface area contributed by atoms with E-state index in [0.29, 0.717) is 17.7 Å². The molecule has 3 atom stereocenters. The summed E-state index contributed by atoms with van der Waals surface area (Å²) in [6.07, 6.45) is 5.91. The van der Waals surface area contributed by atoms with Gasteiger partial charge in [0.05, 0.1) is 0 Å². The Morgan fingerprint density at radius 2 is 1.61 bits per heavy atom. The molecule has 0 amide bonds. The number of hydrogen-bond donors (Lipinski definition) is 1. The monoisotopic (exact) mass is 477 g/mol. The average molecular weight is 478 g/mol. The number of phenolic OH excluding ortho intramolecular Hbond substituents is 1. The van der Waals surface area contributed by atoms with Crippen LogP contribution in [0.15, 0.2) is 84.9 Å². The van der Waals surface area contributed by atoms with Crippen molar-refractivity contribution in [2.75, 3.05) is 13.1 Å². The lowest BCUT2D eigenvalue weighted by Gasteiger charge is -2.53. The predicted octanol–water partition coefficient (Wildman–Crippen LogP) is 6.49. The van der Waals surface area contributed by atoms with Gasteiger partial charge in [0.1, 0.15) is 5.75 Å². The van der Waals surface area contributed by atoms with Crippen LogP contribution in [-0.2, 0) is 11.8 Å². The molecule has 0 unspecified atom stereocenters. The lowest BCUT2D eigenvalue weighted by Crippen LogP contribution is -2.53. The van der Waals surface area contributed by atoms with E-state index in [-0.39, 0.29) is 22.4 Å². The molecule has 1 N–H and O–H groups in total. The minimum absolute atomic E-state index is 0. The number of phenols is 1. The van der Waals surface area contributed by atoms with Gasteiger partial charge in [-0.3, -0.25) is 4.90 Å². The van der Waals surface area contributed by atoms with E-state index in [1.807, 2.05) is 12.1 Å². The topological polar surface area (TPSA) is 23.5 Å². The molecule has 1 aliphatic heterocycles. The first-order chi connectivity index (χ1) is 14.7. The fourth-order valence-corrected chi connectivity index (χ4v) is 5.93. The number of aromatic hydroxyl groups is 1. The summed E-state index contributed by atoms with van der Waals surface area (Å²) in [6, 6.07) is 30.6. The van der Waals surface area contributed by atoms with Gasteiger partial charge in [0.15, 0.2) is 0 Å². The lowest BCUT2D eigenvalue weighted by molar-refractivity contribution is 0.0422. The number of likely N-dealkylation sites (tertiary alicyclic amines) is 1. The maximum Gasteiger partial charge on any atom is 0.115 e. The molecule has 1 saturated carbocycles. The van der Waals surface area contributed by atoms with Crippen molar-refractivity contribution in [2.45, 2.75) is 49.5 Å². The van der Waals surface area contributed by atoms with Crippen LogP contribution in [0.3, 0.4) is 0 Å². The van der Waals surface area contributed by atoms with E-state index in [2.05, 4.69) is 71.6 Å². The minimum atomic E-state index is 0. The average Bonchev–Trinajstić information content (AvgIpc) is 2.80. The van der Waals surface area contributed by atoms with E-state index in [1.54, 1.807) is 6.07 Å². The van der Waals surface area contributed by atoms with Crippen molar-refractivity contribution in [3.8, 4) is 5.75 Å². The summed E-state index contributed by atoms with van der Waals surface area (Å²) in [5.74, 6) is 0.971. The molecule has 2 bridgehead atoms. The third-order valence-corrected chi connectivity index (χ3v) is 7.47. The highest BCUT2D eigenvalue weighted by molar-refractivity contribution is 8.93. The Morgan fingerprint density at radius 3 is 2.35 bits per heavy atom. The smallest absolute Gasteiger partial charge is 0.115 e. The van der Waals surface area contributed by atoms with Gasteiger partial charge in [-0.15, -0.1) is 17.0 Å². The summed E-state index contributed by atoms with van der Waals surface area (Å²) in [7, 11) is 0. The van der Waals surface area contributed by atoms with Crippen molar-refractivity contribution in [3.05, 3.63) is 102 Å². The zero-order valence-electron chi connectivity index (χ0n) is 18.0. The molecule has 3 aromatic carbocycles. The second kappa shape index (κ2) is 9.58. The van der Waals surface area contributed by atoms with Gasteiger partial charge in [-0.25, -0.2) is 0 Å². The van der Waals surface area contributed by atoms with E-state index in [4.69, 9.17) is 0 Å². The molecule has 1 heterocycles. The Morgan fingerprint density at radius 1 is 0.871 bits per heavy atom. The fourth-order valence-electron chi connectivity index (χ4n) is 5.93. The van der Waals surface area contributed by atoms with Gasteiger partial charge in [0.25, 0.3) is 0 Å². The molecule has 31 heavy (non-hydrogen) atoms. The molecule has 1 saturated heterocycles. The van der Waals surface area contributed by atoms with Gasteiger partial charge in [-0.05, 0) is 78.8 Å². The van der Waals surface area contributed by atoms with Crippen LogP contribution in [0, 0.1) is 0 Å². The Kier molecular flexibility index (Phi) is 6.83. The number of benzene rings is 3. The molecule has 0 spiro atoms. The van der Waals surface area contributed by atoms with E-state index in [9.17, 15) is 5.11 Å². The van der Waals surface area contributed by atoms with Crippen LogP contribution in [0.1, 0.15) is 48.3 Å². The predicted molar refractivity (Wildman–Crippen MR) is 133 cm³/mol. The maximum absolute atomic E-state index is 10.2. The van der Waals surface area contributed by atoms with Crippen LogP contribution in [0.2, 0.25) is 0 Å². The molecule has 3 aromatic rings. The molecular formula is C28H32BrNO. The third kappa shape index (κ3) is 4.73. The highest BCUT2D eigenvalue weighted by Gasteiger charge is 2.47. The van der Waals surface area contributed by atoms with E-state index in [0.717, 1.165) is 19.5 Å². The molecular weight excluding hydrogens is 446 g/mol. The molecule has 5 rings (SSSR count). The lowest BCUT2D eigenvalue weighted by atomic mass is 9.59. The van der Waals surface area contributed by atoms with Gasteiger partial charge in [0, 0.05) is 12.6 Å². The highest BCUT2D eigenvalue weighted by Crippen LogP contribution is 2.52. The van der Waals surface area contributed by atoms with Crippen LogP contribution in [0.5, 0.6) is 5.75 Å². The number of hydrogen-bond acceptors (Lipinski definition) is 2. The molecule has 1 aliphatic carbocycles. The van der Waals surface area contributed by atoms with Crippen molar-refractivity contribution in [1.82, 2.24) is 4.90 Å². The minimum Gasteiger partial charge on any atom is -0.508 e. The molecule has 2 fully saturated rings. The fraction of sp³-hybridized carbons (Fsp3) is 0.357. The van der Waals surface area contributed by atoms with Crippen molar-refractivity contribution in [2.24, 2.45) is 0 Å². The molecule has 2 aliphatic rings. The van der Waals surface area contributed by atoms with E-state index in [1.165, 1.54) is 42.4 Å². The molecule has 162 valence electrons. The molecule has 3 heteroatoms. The second-order valence-electron chi connectivity index (χ2n) is 9.26. The Bertz CT molecular complexity index is 977. The zero-order valence-corrected chi connectivity index (χ0v) is 19.7. The van der Waals surface area contributed by atoms with Crippen molar-refractivity contribution in [3.63, 3.8) is 0 Å². The van der Waals surface area contributed by atoms with Crippen LogP contribution in [0.25, 0.3) is 0 Å². The van der Waals surface area contributed by atoms with Crippen molar-refractivity contribution >= 4 is 17.0 Å². The van der Waals surface area contributed by atoms with Crippen LogP contribution in [-0.4, -0.2) is 29.1 Å². The number of halogens is 1. The Labute approximate surface area is 196 Å². The quantitative estimate of drug-likeness (QED) is 0.453. The van der Waals surface area contributed by atoms with E-state index >= 15 is 0 Å². The van der Waals surface area contributed by atoms with E-state index < -0.39 is 0 Å². The number of fused-ring (bicyclic) bond motifs is 2. The summed E-state index contributed by atoms with van der Waals surface area (Å²) in [6.45, 7) is 2.28. The van der Waals surface area contributed by atoms with Gasteiger partial charge in [0.2, 0.25) is 0 Å². The normalized spacial score (nSPS) is 25.5. The first-order valence-corrected chi connectivity index (χ1v) is 11.3. The van der Waals surface area contributed by atoms with Gasteiger partial charge >= 0.3 is 0 Å². The first-order valence-electron chi connectivity index (χ1n) is 11.3. The summed E-state index contributed by atoms with van der Waals surface area (Å²) in [4.78, 5) is 2.74. The zero-order chi connectivity index (χ0) is 20.4. The Balaban J connectivity index is 0.00000231. The SMILES string of the molecule is Br.Oc1cccc([C@@]23CCN(CCc4ccccc4)[C@H](C[C@H](c4ccccc4)C2)C3)c1. The van der Waals surface area contributed by atoms with Crippen LogP contribution >= 0.6 is 17.0 Å². The van der Waals surface area contributed by atoms with Gasteiger partial charge in [-0.1, -0.05) is 72.8 Å². The van der Waals surface area contributed by atoms with Crippen LogP contribution in [0.4, 0.5) is 0 Å². The first kappa shape index (κ1) is 22.1.